The van der Waals surface area contributed by atoms with Gasteiger partial charge >= 0.3 is 0 Å². The molecule has 8 rings (SSSR count). The number of aliphatic hydroxyl groups is 3. The Balaban J connectivity index is 0.000000527. The molecule has 5 amide bonds. The van der Waals surface area contributed by atoms with Gasteiger partial charge in [-0.05, 0) is 179 Å². The zero-order valence-electron chi connectivity index (χ0n) is 63.3. The minimum atomic E-state index is -0.370. The van der Waals surface area contributed by atoms with Gasteiger partial charge in [-0.3, -0.25) is 58.7 Å². The number of morpholine rings is 3. The molecular weight excluding hydrogens is 1170 g/mol. The number of nitrogens with one attached hydrogen (secondary N) is 3. The van der Waals surface area contributed by atoms with Crippen molar-refractivity contribution in [2.75, 3.05) is 151 Å². The van der Waals surface area contributed by atoms with Crippen LogP contribution in [0.15, 0.2) is 0 Å². The van der Waals surface area contributed by atoms with E-state index < -0.39 is 0 Å². The van der Waals surface area contributed by atoms with Crippen LogP contribution >= 0.6 is 0 Å². The van der Waals surface area contributed by atoms with Gasteiger partial charge in [0.2, 0.25) is 29.5 Å². The first kappa shape index (κ1) is 87.0. The zero-order chi connectivity index (χ0) is 71.2. The molecule has 0 radical (unpaired) electrons. The maximum atomic E-state index is 11.3. The molecule has 8 aliphatic heterocycles. The summed E-state index contributed by atoms with van der Waals surface area (Å²) >= 11 is 0. The third-order valence-corrected chi connectivity index (χ3v) is 16.7. The van der Waals surface area contributed by atoms with Gasteiger partial charge in [0.1, 0.15) is 6.61 Å². The lowest BCUT2D eigenvalue weighted by molar-refractivity contribution is -0.148. The Labute approximate surface area is 559 Å². The number of aliphatic hydroxyl groups excluding tert-OH is 3. The second-order valence-electron chi connectivity index (χ2n) is 33.8. The van der Waals surface area contributed by atoms with Gasteiger partial charge in [0, 0.05) is 136 Å². The molecule has 0 spiro atoms. The van der Waals surface area contributed by atoms with Crippen molar-refractivity contribution < 1.29 is 58.2 Å². The molecule has 23 heteroatoms. The smallest absolute Gasteiger partial charge is 0.249 e. The molecule has 542 valence electrons. The second kappa shape index (κ2) is 38.2. The van der Waals surface area contributed by atoms with Gasteiger partial charge < -0.3 is 54.7 Å². The van der Waals surface area contributed by atoms with Gasteiger partial charge in [0.05, 0.1) is 83.1 Å². The van der Waals surface area contributed by atoms with Gasteiger partial charge in [-0.1, -0.05) is 13.8 Å². The number of hydrogen-bond acceptors (Lipinski definition) is 19. The number of ether oxygens (including phenoxy) is 4. The van der Waals surface area contributed by atoms with Gasteiger partial charge in [0.25, 0.3) is 0 Å². The van der Waals surface area contributed by atoms with E-state index in [1.807, 2.05) is 56.2 Å². The Morgan fingerprint density at radius 3 is 1.29 bits per heavy atom. The van der Waals surface area contributed by atoms with Gasteiger partial charge in [-0.25, -0.2) is 0 Å². The van der Waals surface area contributed by atoms with Crippen molar-refractivity contribution in [1.29, 1.82) is 0 Å². The fourth-order valence-electron chi connectivity index (χ4n) is 10.3. The number of imide groups is 1. The van der Waals surface area contributed by atoms with E-state index in [1.165, 1.54) is 0 Å². The van der Waals surface area contributed by atoms with E-state index in [0.29, 0.717) is 50.3 Å². The highest BCUT2D eigenvalue weighted by molar-refractivity contribution is 5.99. The Morgan fingerprint density at radius 2 is 0.935 bits per heavy atom. The van der Waals surface area contributed by atoms with Gasteiger partial charge in [-0.2, -0.15) is 0 Å². The topological polar surface area (TPSA) is 245 Å². The van der Waals surface area contributed by atoms with Crippen LogP contribution in [0.5, 0.6) is 0 Å². The molecule has 0 aliphatic carbocycles. The summed E-state index contributed by atoms with van der Waals surface area (Å²) < 4.78 is 21.6. The molecule has 0 bridgehead atoms. The van der Waals surface area contributed by atoms with Crippen LogP contribution in [0, 0.1) is 5.92 Å². The Kier molecular flexibility index (Phi) is 36.1. The minimum Gasteiger partial charge on any atom is -0.394 e. The molecule has 8 heterocycles. The van der Waals surface area contributed by atoms with Crippen LogP contribution in [0.2, 0.25) is 0 Å². The Bertz CT molecular complexity index is 2100. The number of likely N-dealkylation sites (tertiary alicyclic amines) is 2. The molecule has 0 aromatic rings. The van der Waals surface area contributed by atoms with Crippen molar-refractivity contribution in [3.63, 3.8) is 0 Å². The highest BCUT2D eigenvalue weighted by Gasteiger charge is 2.37. The molecule has 8 fully saturated rings. The molecule has 23 nitrogen and oxygen atoms in total. The number of β-amino-alcohol motifs (C(OH)–C–C–N with tert-alkyl or cyclic N) is 1. The summed E-state index contributed by atoms with van der Waals surface area (Å²) in [6.45, 7) is 74.1. The fourth-order valence-corrected chi connectivity index (χ4v) is 10.3. The third-order valence-electron chi connectivity index (χ3n) is 16.7. The third kappa shape index (κ3) is 34.8. The summed E-state index contributed by atoms with van der Waals surface area (Å²) in [7, 11) is 0. The van der Waals surface area contributed by atoms with E-state index in [1.54, 1.807) is 6.92 Å². The molecule has 3 unspecified atom stereocenters. The minimum absolute atomic E-state index is 0.0120. The number of hydrogen-bond donors (Lipinski definition) is 6. The first-order valence-corrected chi connectivity index (χ1v) is 34.1. The predicted octanol–water partition coefficient (Wildman–Crippen LogP) is 4.77. The summed E-state index contributed by atoms with van der Waals surface area (Å²) in [6.07, 6.45) is 0.0435. The fraction of sp³-hybridized carbons (Fsp3) is 0.928. The van der Waals surface area contributed by atoms with E-state index in [9.17, 15) is 29.1 Å². The lowest BCUT2D eigenvalue weighted by Gasteiger charge is -2.47. The number of carbonyl (C=O) groups excluding carboxylic acids is 5. The number of amides is 5. The summed E-state index contributed by atoms with van der Waals surface area (Å²) in [5.41, 5.74) is 0.871. The van der Waals surface area contributed by atoms with E-state index in [-0.39, 0.29) is 106 Å². The predicted molar refractivity (Wildman–Crippen MR) is 370 cm³/mol. The first-order valence-electron chi connectivity index (χ1n) is 34.1. The van der Waals surface area contributed by atoms with E-state index >= 15 is 0 Å². The average molecular weight is 1310 g/mol. The molecule has 8 aliphatic rings. The maximum Gasteiger partial charge on any atom is 0.249 e. The number of nitrogens with zero attached hydrogens (tertiary/aromatic N) is 8. The Morgan fingerprint density at radius 1 is 0.489 bits per heavy atom. The highest BCUT2D eigenvalue weighted by Crippen LogP contribution is 2.25. The summed E-state index contributed by atoms with van der Waals surface area (Å²) in [6, 6.07) is 0. The standard InChI is InChI=1S/C11H23NO.C10H21NO2.C9H19NO2.C8H14N2O2.2C8H16N2O.C8H15NO2.C7H15NO/c1-9(2)8-13-10-6-12(7-10)11(3,4)5;1-8(12)9-7-11(5-6-13-9)10(2,3)4;1-9(2,3)10-4-5-12-8(6-10)7-11;1-8(2,3)10-4-6(11)9-7(12)5-10;1-8(2,3)10-5-4-9-7(11)6-10;1-8(2,3)10-5-4-9-6-7(10)11;1-8(2,3)9-4-5-11-6-7(9)10;1-7(2,3)8-4-6(9)5-8/h9-10H,6-8H2,1-5H3;8-9,12H,5-7H2,1-4H3;8,11H,4-7H2,1-3H3;4-5H2,1-3H3,(H,9,11,12);4-6H2,1-3H3,(H,9,11);9H,4-6H2,1-3H3;4-6H2,1-3H3;6,9H,4-5H2,1-3H3. The summed E-state index contributed by atoms with van der Waals surface area (Å²) in [4.78, 5) is 72.7. The molecule has 92 heavy (non-hydrogen) atoms. The maximum absolute atomic E-state index is 11.3. The molecule has 3 atom stereocenters. The average Bonchev–Trinajstić information content (AvgIpc) is 1.91. The van der Waals surface area contributed by atoms with Crippen molar-refractivity contribution in [2.45, 2.75) is 262 Å². The largest absolute Gasteiger partial charge is 0.394 e. The molecule has 0 aromatic heterocycles. The van der Waals surface area contributed by atoms with E-state index in [0.717, 1.165) is 105 Å². The number of piperazine rings is 3. The monoisotopic (exact) mass is 1310 g/mol. The van der Waals surface area contributed by atoms with Crippen LogP contribution in [0.3, 0.4) is 0 Å². The highest BCUT2D eigenvalue weighted by atomic mass is 16.5. The second-order valence-corrected chi connectivity index (χ2v) is 33.8. The summed E-state index contributed by atoms with van der Waals surface area (Å²) in [5.74, 6) is 0.699. The lowest BCUT2D eigenvalue weighted by atomic mass is 9.99. The molecule has 6 N–H and O–H groups in total. The summed E-state index contributed by atoms with van der Waals surface area (Å²) in [5, 5.41) is 35.4. The van der Waals surface area contributed by atoms with E-state index in [4.69, 9.17) is 29.2 Å². The molecule has 0 saturated carbocycles. The quantitative estimate of drug-likeness (QED) is 0.203. The molecule has 0 aromatic carbocycles. The zero-order valence-corrected chi connectivity index (χ0v) is 63.3. The number of carbonyl (C=O) groups is 5. The van der Waals surface area contributed by atoms with Crippen molar-refractivity contribution in [1.82, 2.24) is 55.1 Å². The molecular formula is C69H139N11O12. The van der Waals surface area contributed by atoms with Crippen LogP contribution in [-0.4, -0.2) is 310 Å². The van der Waals surface area contributed by atoms with Crippen molar-refractivity contribution in [2.24, 2.45) is 5.92 Å². The van der Waals surface area contributed by atoms with Crippen LogP contribution in [0.4, 0.5) is 0 Å². The van der Waals surface area contributed by atoms with Crippen LogP contribution in [0.25, 0.3) is 0 Å². The van der Waals surface area contributed by atoms with Crippen molar-refractivity contribution in [3.05, 3.63) is 0 Å². The molecule has 8 saturated heterocycles. The van der Waals surface area contributed by atoms with Crippen LogP contribution in [-0.2, 0) is 42.9 Å². The van der Waals surface area contributed by atoms with Gasteiger partial charge in [-0.15, -0.1) is 0 Å². The van der Waals surface area contributed by atoms with Gasteiger partial charge in [0.15, 0.2) is 0 Å². The lowest BCUT2D eigenvalue weighted by Crippen LogP contribution is -2.59. The van der Waals surface area contributed by atoms with Crippen molar-refractivity contribution in [3.8, 4) is 0 Å². The van der Waals surface area contributed by atoms with Crippen LogP contribution < -0.4 is 16.0 Å². The van der Waals surface area contributed by atoms with E-state index in [2.05, 4.69) is 179 Å². The SMILES string of the molecule is CC(C)(C)N1CC(=O)NC(=O)C1.CC(C)(C)N1CC(O)C1.CC(C)(C)N1CCNC(=O)C1.CC(C)(C)N1CCNCC1=O.CC(C)(C)N1CCOC(CO)C1.CC(C)(C)N1CCOCC1=O.CC(C)COC1CN(C(C)(C)C)C1.CC(O)C1CN(C(C)(C)C)CCO1. The number of rotatable bonds is 5. The Hall–Kier alpha value is -3.01. The normalized spacial score (nSPS) is 23.2. The van der Waals surface area contributed by atoms with Crippen LogP contribution in [0.1, 0.15) is 187 Å². The first-order chi connectivity index (χ1) is 41.8. The van der Waals surface area contributed by atoms with Crippen molar-refractivity contribution >= 4 is 29.5 Å².